The lowest BCUT2D eigenvalue weighted by molar-refractivity contribution is 0.136. The van der Waals surface area contributed by atoms with Gasteiger partial charge in [-0.2, -0.15) is 4.31 Å². The quantitative estimate of drug-likeness (QED) is 0.531. The summed E-state index contributed by atoms with van der Waals surface area (Å²) < 4.78 is 33.6. The van der Waals surface area contributed by atoms with Crippen molar-refractivity contribution in [3.05, 3.63) is 65.4 Å². The van der Waals surface area contributed by atoms with Crippen molar-refractivity contribution >= 4 is 56.6 Å². The Bertz CT molecular complexity index is 1270. The van der Waals surface area contributed by atoms with E-state index in [9.17, 15) is 13.2 Å². The SMILES string of the molecule is Cl.O=C1OCc2cc(Cl)ccc2N1C1CCN(S(=O)(=O)c2cccc3cnccc23)CC1. The number of nitrogens with zero attached hydrogens (tertiary/aromatic N) is 3. The Morgan fingerprint density at radius 1 is 1.09 bits per heavy atom. The molecule has 2 aromatic carbocycles. The molecule has 3 heterocycles. The molecule has 0 spiro atoms. The first kappa shape index (κ1) is 22.8. The molecular formula is C22H21Cl2N3O4S. The molecule has 2 aliphatic rings. The molecule has 10 heteroatoms. The van der Waals surface area contributed by atoms with E-state index in [4.69, 9.17) is 16.3 Å². The lowest BCUT2D eigenvalue weighted by Gasteiger charge is -2.39. The smallest absolute Gasteiger partial charge is 0.414 e. The zero-order chi connectivity index (χ0) is 21.6. The number of carbonyl (C=O) groups is 1. The fraction of sp³-hybridized carbons (Fsp3) is 0.273. The van der Waals surface area contributed by atoms with Gasteiger partial charge in [-0.3, -0.25) is 9.88 Å². The molecule has 0 radical (unpaired) electrons. The molecule has 1 saturated heterocycles. The van der Waals surface area contributed by atoms with Gasteiger partial charge in [0.25, 0.3) is 0 Å². The third-order valence-electron chi connectivity index (χ3n) is 5.90. The van der Waals surface area contributed by atoms with Gasteiger partial charge in [-0.05, 0) is 43.2 Å². The molecule has 0 N–H and O–H groups in total. The van der Waals surface area contributed by atoms with Gasteiger partial charge in [-0.1, -0.05) is 23.7 Å². The maximum Gasteiger partial charge on any atom is 0.414 e. The Labute approximate surface area is 197 Å². The van der Waals surface area contributed by atoms with Crippen molar-refractivity contribution in [2.45, 2.75) is 30.4 Å². The second-order valence-corrected chi connectivity index (χ2v) is 10.0. The number of hydrogen-bond donors (Lipinski definition) is 0. The van der Waals surface area contributed by atoms with Crippen LogP contribution in [0.15, 0.2) is 59.8 Å². The zero-order valence-electron chi connectivity index (χ0n) is 17.0. The fourth-order valence-corrected chi connectivity index (χ4v) is 6.23. The molecule has 0 aliphatic carbocycles. The molecule has 2 aliphatic heterocycles. The highest BCUT2D eigenvalue weighted by Crippen LogP contribution is 2.35. The van der Waals surface area contributed by atoms with Crippen LogP contribution in [0.25, 0.3) is 10.8 Å². The van der Waals surface area contributed by atoms with Crippen molar-refractivity contribution in [2.24, 2.45) is 0 Å². The van der Waals surface area contributed by atoms with Gasteiger partial charge in [0.15, 0.2) is 0 Å². The van der Waals surface area contributed by atoms with E-state index in [-0.39, 0.29) is 30.0 Å². The van der Waals surface area contributed by atoms with Gasteiger partial charge in [0.2, 0.25) is 10.0 Å². The molecule has 0 saturated carbocycles. The van der Waals surface area contributed by atoms with Crippen LogP contribution in [0.4, 0.5) is 10.5 Å². The number of anilines is 1. The van der Waals surface area contributed by atoms with Crippen LogP contribution in [-0.4, -0.2) is 42.9 Å². The molecule has 168 valence electrons. The van der Waals surface area contributed by atoms with Crippen LogP contribution in [0.1, 0.15) is 18.4 Å². The summed E-state index contributed by atoms with van der Waals surface area (Å²) in [7, 11) is -3.67. The number of aromatic nitrogens is 1. The minimum absolute atomic E-state index is 0. The van der Waals surface area contributed by atoms with Crippen LogP contribution in [0.2, 0.25) is 5.02 Å². The van der Waals surface area contributed by atoms with E-state index in [2.05, 4.69) is 4.98 Å². The Balaban J connectivity index is 0.00000245. The number of amides is 1. The van der Waals surface area contributed by atoms with E-state index in [0.29, 0.717) is 36.3 Å². The van der Waals surface area contributed by atoms with Crippen molar-refractivity contribution in [3.63, 3.8) is 0 Å². The number of benzene rings is 2. The normalized spacial score (nSPS) is 17.5. The highest BCUT2D eigenvalue weighted by Gasteiger charge is 2.37. The maximum atomic E-state index is 13.4. The Morgan fingerprint density at radius 3 is 2.66 bits per heavy atom. The average molecular weight is 494 g/mol. The van der Waals surface area contributed by atoms with Gasteiger partial charge < -0.3 is 4.74 Å². The van der Waals surface area contributed by atoms with Crippen molar-refractivity contribution in [2.75, 3.05) is 18.0 Å². The van der Waals surface area contributed by atoms with Gasteiger partial charge in [-0.25, -0.2) is 13.2 Å². The summed E-state index contributed by atoms with van der Waals surface area (Å²) in [6, 6.07) is 12.2. The third kappa shape index (κ3) is 3.92. The monoisotopic (exact) mass is 493 g/mol. The summed E-state index contributed by atoms with van der Waals surface area (Å²) in [5.74, 6) is 0. The van der Waals surface area contributed by atoms with Gasteiger partial charge >= 0.3 is 6.09 Å². The number of fused-ring (bicyclic) bond motifs is 2. The summed E-state index contributed by atoms with van der Waals surface area (Å²) in [5, 5.41) is 2.03. The molecule has 1 fully saturated rings. The molecule has 0 unspecified atom stereocenters. The zero-order valence-corrected chi connectivity index (χ0v) is 19.4. The number of halogens is 2. The molecule has 1 amide bonds. The molecule has 0 atom stereocenters. The predicted molar refractivity (Wildman–Crippen MR) is 125 cm³/mol. The Kier molecular flexibility index (Phi) is 6.31. The molecule has 5 rings (SSSR count). The first-order valence-electron chi connectivity index (χ1n) is 10.0. The largest absolute Gasteiger partial charge is 0.444 e. The Morgan fingerprint density at radius 2 is 1.88 bits per heavy atom. The summed E-state index contributed by atoms with van der Waals surface area (Å²) >= 11 is 6.08. The van der Waals surface area contributed by atoms with Crippen LogP contribution < -0.4 is 4.90 Å². The first-order valence-corrected chi connectivity index (χ1v) is 11.8. The highest BCUT2D eigenvalue weighted by molar-refractivity contribution is 7.89. The molecule has 3 aromatic rings. The van der Waals surface area contributed by atoms with Gasteiger partial charge in [0.1, 0.15) is 6.61 Å². The van der Waals surface area contributed by atoms with E-state index < -0.39 is 16.1 Å². The number of pyridine rings is 1. The van der Waals surface area contributed by atoms with Crippen LogP contribution in [0, 0.1) is 0 Å². The number of sulfonamides is 1. The van der Waals surface area contributed by atoms with Gasteiger partial charge in [0.05, 0.1) is 10.6 Å². The maximum absolute atomic E-state index is 13.4. The van der Waals surface area contributed by atoms with Crippen molar-refractivity contribution in [3.8, 4) is 0 Å². The van der Waals surface area contributed by atoms with E-state index in [0.717, 1.165) is 16.6 Å². The van der Waals surface area contributed by atoms with Crippen LogP contribution >= 0.6 is 24.0 Å². The molecule has 1 aromatic heterocycles. The van der Waals surface area contributed by atoms with E-state index in [1.807, 2.05) is 12.1 Å². The number of carbonyl (C=O) groups excluding carboxylic acids is 1. The molecule has 0 bridgehead atoms. The number of ether oxygens (including phenoxy) is 1. The van der Waals surface area contributed by atoms with E-state index >= 15 is 0 Å². The summed E-state index contributed by atoms with van der Waals surface area (Å²) in [4.78, 5) is 18.5. The summed E-state index contributed by atoms with van der Waals surface area (Å²) in [6.07, 6.45) is 3.88. The standard InChI is InChI=1S/C22H20ClN3O4S.ClH/c23-17-4-5-20-16(12-17)14-30-22(27)26(20)18-7-10-25(11-8-18)31(28,29)21-3-1-2-15-13-24-9-6-19(15)21;/h1-6,9,12-13,18H,7-8,10-11,14H2;1H. The molecular weight excluding hydrogens is 473 g/mol. The van der Waals surface area contributed by atoms with Crippen molar-refractivity contribution in [1.29, 1.82) is 0 Å². The summed E-state index contributed by atoms with van der Waals surface area (Å²) in [6.45, 7) is 0.830. The topological polar surface area (TPSA) is 79.8 Å². The van der Waals surface area contributed by atoms with Crippen molar-refractivity contribution < 1.29 is 17.9 Å². The van der Waals surface area contributed by atoms with Crippen LogP contribution in [-0.2, 0) is 21.4 Å². The predicted octanol–water partition coefficient (Wildman–Crippen LogP) is 4.62. The second kappa shape index (κ2) is 8.86. The van der Waals surface area contributed by atoms with Gasteiger partial charge in [0, 0.05) is 52.9 Å². The minimum Gasteiger partial charge on any atom is -0.444 e. The second-order valence-electron chi connectivity index (χ2n) is 7.69. The summed E-state index contributed by atoms with van der Waals surface area (Å²) in [5.41, 5.74) is 1.63. The van der Waals surface area contributed by atoms with E-state index in [1.54, 1.807) is 47.6 Å². The average Bonchev–Trinajstić information content (AvgIpc) is 2.79. The number of rotatable bonds is 3. The molecule has 7 nitrogen and oxygen atoms in total. The lowest BCUT2D eigenvalue weighted by atomic mass is 10.0. The first-order chi connectivity index (χ1) is 14.9. The highest BCUT2D eigenvalue weighted by atomic mass is 35.5. The number of piperidine rings is 1. The lowest BCUT2D eigenvalue weighted by Crippen LogP contribution is -2.50. The van der Waals surface area contributed by atoms with E-state index in [1.165, 1.54) is 4.31 Å². The van der Waals surface area contributed by atoms with Crippen LogP contribution in [0.3, 0.4) is 0 Å². The minimum atomic E-state index is -3.67. The van der Waals surface area contributed by atoms with Crippen molar-refractivity contribution in [1.82, 2.24) is 9.29 Å². The Hall–Kier alpha value is -2.39. The van der Waals surface area contributed by atoms with Crippen LogP contribution in [0.5, 0.6) is 0 Å². The van der Waals surface area contributed by atoms with Gasteiger partial charge in [-0.15, -0.1) is 12.4 Å². The third-order valence-corrected chi connectivity index (χ3v) is 8.09. The molecule has 32 heavy (non-hydrogen) atoms. The fourth-order valence-electron chi connectivity index (χ4n) is 4.36. The number of cyclic esters (lactones) is 1. The number of hydrogen-bond acceptors (Lipinski definition) is 5.